The van der Waals surface area contributed by atoms with E-state index in [1.807, 2.05) is 33.8 Å². The van der Waals surface area contributed by atoms with Crippen molar-refractivity contribution in [2.45, 2.75) is 70.8 Å². The zero-order valence-corrected chi connectivity index (χ0v) is 16.5. The molecule has 0 bridgehead atoms. The number of aromatic nitrogens is 1. The Kier molecular flexibility index (Phi) is 4.90. The Labute approximate surface area is 152 Å². The molecule has 1 unspecified atom stereocenters. The fraction of sp³-hybridized carbons (Fsp3) is 0.667. The van der Waals surface area contributed by atoms with Crippen molar-refractivity contribution in [2.75, 3.05) is 11.4 Å². The number of nitrogens with one attached hydrogen (secondary N) is 2. The van der Waals surface area contributed by atoms with Crippen molar-refractivity contribution in [2.24, 2.45) is 0 Å². The maximum Gasteiger partial charge on any atom is 0.252 e. The van der Waals surface area contributed by atoms with E-state index in [4.69, 9.17) is 4.98 Å². The number of amides is 1. The van der Waals surface area contributed by atoms with E-state index in [9.17, 15) is 9.00 Å². The van der Waals surface area contributed by atoms with E-state index < -0.39 is 11.0 Å². The van der Waals surface area contributed by atoms with Crippen LogP contribution in [0.5, 0.6) is 0 Å². The summed E-state index contributed by atoms with van der Waals surface area (Å²) in [7, 11) is -1.20. The van der Waals surface area contributed by atoms with E-state index in [1.54, 1.807) is 0 Å². The number of pyridine rings is 1. The third-order valence-corrected chi connectivity index (χ3v) is 6.59. The van der Waals surface area contributed by atoms with Gasteiger partial charge in [-0.05, 0) is 53.5 Å². The second-order valence-corrected chi connectivity index (χ2v) is 9.98. The normalized spacial score (nSPS) is 22.7. The molecule has 0 aliphatic carbocycles. The number of carbonyl (C=O) groups is 1. The summed E-state index contributed by atoms with van der Waals surface area (Å²) in [6, 6.07) is 2.14. The van der Waals surface area contributed by atoms with E-state index in [0.717, 1.165) is 36.5 Å². The Morgan fingerprint density at radius 3 is 2.76 bits per heavy atom. The van der Waals surface area contributed by atoms with E-state index in [-0.39, 0.29) is 16.7 Å². The highest BCUT2D eigenvalue weighted by Crippen LogP contribution is 2.31. The van der Waals surface area contributed by atoms with Crippen molar-refractivity contribution in [3.8, 4) is 0 Å². The molecule has 0 aromatic carbocycles. The van der Waals surface area contributed by atoms with Crippen LogP contribution >= 0.6 is 0 Å². The van der Waals surface area contributed by atoms with Crippen LogP contribution < -0.4 is 14.9 Å². The number of nitrogens with zero attached hydrogens (tertiary/aromatic N) is 2. The summed E-state index contributed by atoms with van der Waals surface area (Å²) in [6.45, 7) is 11.4. The second-order valence-electron chi connectivity index (χ2n) is 7.98. The molecule has 0 radical (unpaired) electrons. The Morgan fingerprint density at radius 2 is 2.16 bits per heavy atom. The van der Waals surface area contributed by atoms with Crippen LogP contribution in [0.4, 0.5) is 5.82 Å². The third kappa shape index (κ3) is 3.58. The van der Waals surface area contributed by atoms with Crippen molar-refractivity contribution in [1.82, 2.24) is 15.0 Å². The minimum atomic E-state index is -1.20. The molecular formula is C18H28N4O2S. The van der Waals surface area contributed by atoms with Gasteiger partial charge in [-0.3, -0.25) is 4.79 Å². The molecule has 7 heteroatoms. The highest BCUT2D eigenvalue weighted by atomic mass is 32.2. The Hall–Kier alpha value is -1.47. The van der Waals surface area contributed by atoms with Gasteiger partial charge in [-0.2, -0.15) is 0 Å². The number of hydrogen-bond acceptors (Lipinski definition) is 4. The molecule has 3 rings (SSSR count). The molecule has 2 N–H and O–H groups in total. The van der Waals surface area contributed by atoms with Gasteiger partial charge in [-0.15, -0.1) is 0 Å². The number of hydrogen-bond donors (Lipinski definition) is 2. The van der Waals surface area contributed by atoms with Crippen LogP contribution in [0.15, 0.2) is 6.07 Å². The smallest absolute Gasteiger partial charge is 0.252 e. The molecular weight excluding hydrogens is 336 g/mol. The first-order valence-electron chi connectivity index (χ1n) is 8.95. The number of fused-ring (bicyclic) bond motifs is 1. The van der Waals surface area contributed by atoms with Gasteiger partial charge in [-0.1, -0.05) is 0 Å². The number of rotatable bonds is 4. The van der Waals surface area contributed by atoms with Crippen LogP contribution in [0, 0.1) is 0 Å². The first-order chi connectivity index (χ1) is 11.7. The van der Waals surface area contributed by atoms with Crippen molar-refractivity contribution >= 4 is 22.7 Å². The van der Waals surface area contributed by atoms with Gasteiger partial charge in [-0.25, -0.2) is 13.9 Å². The van der Waals surface area contributed by atoms with Gasteiger partial charge in [0.25, 0.3) is 5.91 Å². The van der Waals surface area contributed by atoms with Crippen LogP contribution in [0.2, 0.25) is 0 Å². The van der Waals surface area contributed by atoms with Gasteiger partial charge in [0.2, 0.25) is 0 Å². The molecule has 6 nitrogen and oxygen atoms in total. The highest BCUT2D eigenvalue weighted by Gasteiger charge is 2.31. The average Bonchev–Trinajstić information content (AvgIpc) is 3.12. The number of anilines is 1. The molecule has 3 atom stereocenters. The molecule has 25 heavy (non-hydrogen) atoms. The third-order valence-electron chi connectivity index (χ3n) is 4.91. The molecule has 2 aliphatic rings. The Morgan fingerprint density at radius 1 is 1.44 bits per heavy atom. The zero-order valence-electron chi connectivity index (χ0n) is 15.7. The summed E-state index contributed by atoms with van der Waals surface area (Å²) in [5, 5.41) is 2.89. The van der Waals surface area contributed by atoms with Gasteiger partial charge in [0.05, 0.1) is 27.5 Å². The summed E-state index contributed by atoms with van der Waals surface area (Å²) < 4.78 is 15.3. The van der Waals surface area contributed by atoms with Gasteiger partial charge in [0.15, 0.2) is 0 Å². The van der Waals surface area contributed by atoms with Crippen LogP contribution in [0.1, 0.15) is 75.1 Å². The molecule has 1 saturated heterocycles. The molecule has 3 heterocycles. The van der Waals surface area contributed by atoms with Crippen molar-refractivity contribution < 1.29 is 9.00 Å². The predicted octanol–water partition coefficient (Wildman–Crippen LogP) is 2.43. The van der Waals surface area contributed by atoms with Crippen LogP contribution in [-0.4, -0.2) is 32.4 Å². The lowest BCUT2D eigenvalue weighted by molar-refractivity contribution is 0.0965. The van der Waals surface area contributed by atoms with E-state index in [1.165, 1.54) is 0 Å². The molecule has 1 aromatic rings. The summed E-state index contributed by atoms with van der Waals surface area (Å²) in [5.41, 5.74) is 2.45. The monoisotopic (exact) mass is 364 g/mol. The SMILES string of the molecule is C[C@@H]1CCCN1c1cc2c(c([C@@H](C)NS(=O)C(C)(C)C)n1)CNC2=O. The maximum atomic E-state index is 12.5. The number of carbonyl (C=O) groups excluding carboxylic acids is 1. The molecule has 1 fully saturated rings. The van der Waals surface area contributed by atoms with Crippen molar-refractivity contribution in [1.29, 1.82) is 0 Å². The fourth-order valence-corrected chi connectivity index (χ4v) is 4.19. The standard InChI is InChI=1S/C18H28N4O2S/c1-11-7-6-8-22(11)15-9-13-14(10-19-17(13)23)16(20-15)12(2)21-25(24)18(3,4)5/h9,11-12,21H,6-8,10H2,1-5H3,(H,19,23)/t11-,12-,25?/m1/s1. The minimum Gasteiger partial charge on any atom is -0.354 e. The van der Waals surface area contributed by atoms with Gasteiger partial charge < -0.3 is 10.2 Å². The molecule has 0 spiro atoms. The Bertz CT molecular complexity index is 714. The van der Waals surface area contributed by atoms with Crippen molar-refractivity contribution in [3.05, 3.63) is 22.9 Å². The predicted molar refractivity (Wildman–Crippen MR) is 101 cm³/mol. The van der Waals surface area contributed by atoms with Crippen LogP contribution in [0.3, 0.4) is 0 Å². The highest BCUT2D eigenvalue weighted by molar-refractivity contribution is 7.84. The molecule has 138 valence electrons. The quantitative estimate of drug-likeness (QED) is 0.860. The van der Waals surface area contributed by atoms with Crippen LogP contribution in [-0.2, 0) is 17.5 Å². The topological polar surface area (TPSA) is 74.3 Å². The Balaban J connectivity index is 1.97. The molecule has 0 saturated carbocycles. The lowest BCUT2D eigenvalue weighted by Gasteiger charge is -2.26. The van der Waals surface area contributed by atoms with Crippen molar-refractivity contribution in [3.63, 3.8) is 0 Å². The molecule has 2 aliphatic heterocycles. The lowest BCUT2D eigenvalue weighted by Crippen LogP contribution is -2.36. The first kappa shape index (κ1) is 18.3. The first-order valence-corrected chi connectivity index (χ1v) is 10.1. The van der Waals surface area contributed by atoms with E-state index >= 15 is 0 Å². The second kappa shape index (κ2) is 6.68. The zero-order chi connectivity index (χ0) is 18.4. The van der Waals surface area contributed by atoms with E-state index in [2.05, 4.69) is 21.9 Å². The average molecular weight is 365 g/mol. The molecule has 1 aromatic heterocycles. The summed E-state index contributed by atoms with van der Waals surface area (Å²) >= 11 is 0. The lowest BCUT2D eigenvalue weighted by atomic mass is 10.0. The summed E-state index contributed by atoms with van der Waals surface area (Å²) in [4.78, 5) is 19.4. The van der Waals surface area contributed by atoms with Crippen LogP contribution in [0.25, 0.3) is 0 Å². The fourth-order valence-electron chi connectivity index (χ4n) is 3.40. The van der Waals surface area contributed by atoms with Gasteiger partial charge >= 0.3 is 0 Å². The maximum absolute atomic E-state index is 12.5. The molecule has 1 amide bonds. The van der Waals surface area contributed by atoms with E-state index in [0.29, 0.717) is 18.2 Å². The largest absolute Gasteiger partial charge is 0.354 e. The van der Waals surface area contributed by atoms with Gasteiger partial charge in [0, 0.05) is 30.3 Å². The summed E-state index contributed by atoms with van der Waals surface area (Å²) in [6.07, 6.45) is 2.28. The summed E-state index contributed by atoms with van der Waals surface area (Å²) in [5.74, 6) is 0.807. The minimum absolute atomic E-state index is 0.0455. The van der Waals surface area contributed by atoms with Gasteiger partial charge in [0.1, 0.15) is 5.82 Å².